The highest BCUT2D eigenvalue weighted by Gasteiger charge is 2.25. The van der Waals surface area contributed by atoms with Crippen LogP contribution in [-0.2, 0) is 15.5 Å². The van der Waals surface area contributed by atoms with Crippen LogP contribution in [0.15, 0.2) is 30.3 Å². The highest BCUT2D eigenvalue weighted by molar-refractivity contribution is 7.83. The van der Waals surface area contributed by atoms with Crippen LogP contribution in [0.25, 0.3) is 17.0 Å². The molecule has 1 aromatic carbocycles. The molecule has 0 aliphatic carbocycles. The summed E-state index contributed by atoms with van der Waals surface area (Å²) in [6, 6.07) is 8.63. The first-order valence-electron chi connectivity index (χ1n) is 9.28. The fraction of sp³-hybridized carbons (Fsp3) is 0.421. The molecule has 2 aromatic heterocycles. The quantitative estimate of drug-likeness (QED) is 0.671. The Kier molecular flexibility index (Phi) is 6.93. The molecule has 0 bridgehead atoms. The van der Waals surface area contributed by atoms with Crippen molar-refractivity contribution < 1.29 is 17.7 Å². The summed E-state index contributed by atoms with van der Waals surface area (Å²) in [7, 11) is -0.611. The molecule has 1 aliphatic heterocycles. The van der Waals surface area contributed by atoms with Crippen LogP contribution in [0.5, 0.6) is 0 Å². The normalized spacial score (nSPS) is 16.8. The zero-order chi connectivity index (χ0) is 21.8. The maximum Gasteiger partial charge on any atom is 0.296 e. The Morgan fingerprint density at radius 1 is 1.23 bits per heavy atom. The van der Waals surface area contributed by atoms with E-state index in [4.69, 9.17) is 10.5 Å². The molecule has 0 spiro atoms. The number of anilines is 2. The molecule has 1 aliphatic rings. The Bertz CT molecular complexity index is 1040. The van der Waals surface area contributed by atoms with Gasteiger partial charge in [-0.15, -0.1) is 0 Å². The molecule has 1 fully saturated rings. The van der Waals surface area contributed by atoms with E-state index in [0.29, 0.717) is 36.6 Å². The van der Waals surface area contributed by atoms with Crippen molar-refractivity contribution in [2.45, 2.75) is 19.4 Å². The number of para-hydroxylation sites is 2. The van der Waals surface area contributed by atoms with Crippen LogP contribution >= 0.6 is 0 Å². The van der Waals surface area contributed by atoms with Gasteiger partial charge in [0.2, 0.25) is 5.95 Å². The van der Waals surface area contributed by atoms with Gasteiger partial charge in [0.25, 0.3) is 6.43 Å². The van der Waals surface area contributed by atoms with E-state index < -0.39 is 23.0 Å². The second-order valence-electron chi connectivity index (χ2n) is 6.90. The van der Waals surface area contributed by atoms with Crippen LogP contribution in [0.1, 0.15) is 19.2 Å². The highest BCUT2D eigenvalue weighted by Crippen LogP contribution is 2.28. The maximum absolute atomic E-state index is 13.6. The average molecular weight is 439 g/mol. The summed E-state index contributed by atoms with van der Waals surface area (Å²) in [4.78, 5) is 14.8. The third-order valence-corrected chi connectivity index (χ3v) is 4.36. The summed E-state index contributed by atoms with van der Waals surface area (Å²) in [6.45, 7) is 3.78. The number of imidazole rings is 1. The van der Waals surface area contributed by atoms with Crippen LogP contribution < -0.4 is 10.6 Å². The average Bonchev–Trinajstić information content (AvgIpc) is 3.07. The second-order valence-corrected chi connectivity index (χ2v) is 8.39. The van der Waals surface area contributed by atoms with Crippen LogP contribution in [0.4, 0.5) is 20.4 Å². The number of nitrogen functional groups attached to an aromatic ring is 1. The minimum absolute atomic E-state index is 0.0858. The summed E-state index contributed by atoms with van der Waals surface area (Å²) in [5, 5.41) is 0. The summed E-state index contributed by atoms with van der Waals surface area (Å²) < 4.78 is 43.4. The number of benzene rings is 1. The Morgan fingerprint density at radius 2 is 1.93 bits per heavy atom. The van der Waals surface area contributed by atoms with Gasteiger partial charge < -0.3 is 15.4 Å². The molecular weight excluding hydrogens is 414 g/mol. The Balaban J connectivity index is 0.000000589. The van der Waals surface area contributed by atoms with E-state index in [1.54, 1.807) is 42.8 Å². The van der Waals surface area contributed by atoms with E-state index >= 15 is 0 Å². The van der Waals surface area contributed by atoms with Gasteiger partial charge in [0.1, 0.15) is 11.6 Å². The van der Waals surface area contributed by atoms with Crippen molar-refractivity contribution in [3.63, 3.8) is 0 Å². The number of morpholine rings is 1. The van der Waals surface area contributed by atoms with Crippen LogP contribution in [-0.4, -0.2) is 62.0 Å². The van der Waals surface area contributed by atoms with Gasteiger partial charge in [-0.05, 0) is 19.1 Å². The fourth-order valence-corrected chi connectivity index (χ4v) is 3.16. The molecule has 2 N–H and O–H groups in total. The third kappa shape index (κ3) is 4.90. The van der Waals surface area contributed by atoms with Gasteiger partial charge in [0.05, 0.1) is 30.3 Å². The second kappa shape index (κ2) is 9.43. The van der Waals surface area contributed by atoms with Gasteiger partial charge in [0, 0.05) is 35.9 Å². The molecule has 3 heterocycles. The molecule has 3 aromatic rings. The molecule has 0 amide bonds. The van der Waals surface area contributed by atoms with Crippen molar-refractivity contribution in [3.8, 4) is 5.95 Å². The Labute approximate surface area is 175 Å². The lowest BCUT2D eigenvalue weighted by atomic mass is 10.2. The van der Waals surface area contributed by atoms with Crippen molar-refractivity contribution in [2.75, 3.05) is 42.9 Å². The first-order chi connectivity index (χ1) is 14.3. The van der Waals surface area contributed by atoms with Gasteiger partial charge in [-0.25, -0.2) is 13.8 Å². The zero-order valence-corrected chi connectivity index (χ0v) is 17.8. The van der Waals surface area contributed by atoms with Crippen molar-refractivity contribution in [1.82, 2.24) is 19.5 Å². The smallest absolute Gasteiger partial charge is 0.296 e. The summed E-state index contributed by atoms with van der Waals surface area (Å²) >= 11 is 0. The third-order valence-electron chi connectivity index (χ3n) is 4.36. The van der Waals surface area contributed by atoms with E-state index in [9.17, 15) is 13.0 Å². The number of halogens is 2. The van der Waals surface area contributed by atoms with Crippen LogP contribution in [0, 0.1) is 0 Å². The van der Waals surface area contributed by atoms with Gasteiger partial charge >= 0.3 is 0 Å². The lowest BCUT2D eigenvalue weighted by Gasteiger charge is -2.34. The van der Waals surface area contributed by atoms with Gasteiger partial charge in [-0.1, -0.05) is 12.1 Å². The number of hydrogen-bond donors (Lipinski definition) is 1. The molecule has 1 atom stereocenters. The minimum Gasteiger partial charge on any atom is -0.383 e. The predicted octanol–water partition coefficient (Wildman–Crippen LogP) is 2.56. The van der Waals surface area contributed by atoms with Crippen molar-refractivity contribution in [3.05, 3.63) is 36.2 Å². The Hall–Kier alpha value is -2.66. The Morgan fingerprint density at radius 3 is 2.60 bits per heavy atom. The van der Waals surface area contributed by atoms with E-state index in [0.717, 1.165) is 0 Å². The van der Waals surface area contributed by atoms with Crippen molar-refractivity contribution in [1.29, 1.82) is 0 Å². The number of fused-ring (bicyclic) bond motifs is 1. The van der Waals surface area contributed by atoms with E-state index in [2.05, 4.69) is 15.0 Å². The molecule has 0 saturated carbocycles. The molecule has 11 heteroatoms. The number of nitrogens with two attached hydrogens (primary N) is 1. The molecule has 1 saturated heterocycles. The molecule has 30 heavy (non-hydrogen) atoms. The zero-order valence-electron chi connectivity index (χ0n) is 17.0. The lowest BCUT2D eigenvalue weighted by Crippen LogP contribution is -2.44. The summed E-state index contributed by atoms with van der Waals surface area (Å²) in [5.74, 6) is 0.475. The topological polar surface area (TPSA) is 99.2 Å². The van der Waals surface area contributed by atoms with E-state index in [-0.39, 0.29) is 17.8 Å². The first-order valence-corrected chi connectivity index (χ1v) is 11.2. The number of ether oxygens (including phenoxy) is 1. The van der Waals surface area contributed by atoms with Gasteiger partial charge in [0.15, 0.2) is 5.82 Å². The number of aromatic nitrogens is 4. The summed E-state index contributed by atoms with van der Waals surface area (Å²) in [5.41, 5.74) is 6.92. The van der Waals surface area contributed by atoms with Crippen LogP contribution in [0.3, 0.4) is 0 Å². The summed E-state index contributed by atoms with van der Waals surface area (Å²) in [6.07, 6.45) is 0.512. The molecular formula is C19H24F2N6O2S. The number of alkyl halides is 2. The fourth-order valence-electron chi connectivity index (χ4n) is 3.16. The van der Waals surface area contributed by atoms with Crippen molar-refractivity contribution in [2.24, 2.45) is 0 Å². The SMILES string of the molecule is CC1COCCN1c1cc(N)nc(-n2c(C(F)F)nc3ccccc32)n1.CS(C)=O. The maximum atomic E-state index is 13.6. The molecule has 4 rings (SSSR count). The van der Waals surface area contributed by atoms with Gasteiger partial charge in [-0.2, -0.15) is 9.97 Å². The predicted molar refractivity (Wildman–Crippen MR) is 114 cm³/mol. The highest BCUT2D eigenvalue weighted by atomic mass is 32.2. The minimum atomic E-state index is -2.77. The molecule has 162 valence electrons. The monoisotopic (exact) mass is 438 g/mol. The number of hydrogen-bond acceptors (Lipinski definition) is 7. The number of nitrogens with zero attached hydrogens (tertiary/aromatic N) is 5. The number of rotatable bonds is 3. The van der Waals surface area contributed by atoms with Crippen LogP contribution in [0.2, 0.25) is 0 Å². The standard InChI is InChI=1S/C17H18F2N6O.C2H6OS/c1-10-9-26-7-6-24(10)14-8-13(20)22-17(23-14)25-12-5-3-2-4-11(12)21-16(25)15(18)19;1-4(2)3/h2-5,8,10,15H,6-7,9H2,1H3,(H2,20,22,23);1-2H3. The molecule has 8 nitrogen and oxygen atoms in total. The van der Waals surface area contributed by atoms with E-state index in [1.807, 2.05) is 11.8 Å². The molecule has 0 radical (unpaired) electrons. The largest absolute Gasteiger partial charge is 0.383 e. The lowest BCUT2D eigenvalue weighted by molar-refractivity contribution is 0.0985. The van der Waals surface area contributed by atoms with E-state index in [1.165, 1.54) is 4.57 Å². The van der Waals surface area contributed by atoms with Gasteiger partial charge in [-0.3, -0.25) is 8.78 Å². The van der Waals surface area contributed by atoms with Crippen molar-refractivity contribution >= 4 is 33.5 Å². The first kappa shape index (κ1) is 22.0. The molecule has 1 unspecified atom stereocenters.